The number of benzene rings is 1. The number of nitrogens with two attached hydrogens (primary N) is 1. The summed E-state index contributed by atoms with van der Waals surface area (Å²) in [5, 5.41) is 8.98. The first kappa shape index (κ1) is 13.6. The SMILES string of the molecule is CCCN(CCO)c1cc(OC)c(N)cc1F. The van der Waals surface area contributed by atoms with Gasteiger partial charge in [0.05, 0.1) is 25.1 Å². The Balaban J connectivity index is 3.08. The minimum atomic E-state index is -0.398. The average molecular weight is 242 g/mol. The van der Waals surface area contributed by atoms with Gasteiger partial charge in [-0.25, -0.2) is 4.39 Å². The van der Waals surface area contributed by atoms with Gasteiger partial charge in [-0.05, 0) is 6.42 Å². The first-order valence-electron chi connectivity index (χ1n) is 5.62. The lowest BCUT2D eigenvalue weighted by Gasteiger charge is -2.24. The van der Waals surface area contributed by atoms with E-state index in [2.05, 4.69) is 0 Å². The molecule has 0 saturated heterocycles. The Morgan fingerprint density at radius 1 is 1.41 bits per heavy atom. The molecule has 0 unspecified atom stereocenters. The van der Waals surface area contributed by atoms with E-state index >= 15 is 0 Å². The number of aliphatic hydroxyl groups excluding tert-OH is 1. The lowest BCUT2D eigenvalue weighted by molar-refractivity contribution is 0.301. The molecule has 0 atom stereocenters. The molecular formula is C12H19FN2O2. The van der Waals surface area contributed by atoms with Crippen LogP contribution in [0.1, 0.15) is 13.3 Å². The molecule has 5 heteroatoms. The van der Waals surface area contributed by atoms with Crippen molar-refractivity contribution >= 4 is 11.4 Å². The van der Waals surface area contributed by atoms with Gasteiger partial charge in [-0.3, -0.25) is 0 Å². The standard InChI is InChI=1S/C12H19FN2O2/c1-3-4-15(5-6-16)11-8-12(17-2)10(14)7-9(11)13/h7-8,16H,3-6,14H2,1-2H3. The molecule has 0 amide bonds. The molecule has 0 fully saturated rings. The van der Waals surface area contributed by atoms with E-state index in [1.54, 1.807) is 11.0 Å². The molecule has 96 valence electrons. The van der Waals surface area contributed by atoms with Crippen molar-refractivity contribution in [3.05, 3.63) is 17.9 Å². The summed E-state index contributed by atoms with van der Waals surface area (Å²) in [5.41, 5.74) is 6.30. The molecular weight excluding hydrogens is 223 g/mol. The molecule has 0 aliphatic carbocycles. The number of ether oxygens (including phenoxy) is 1. The topological polar surface area (TPSA) is 58.7 Å². The van der Waals surface area contributed by atoms with Crippen LogP contribution < -0.4 is 15.4 Å². The van der Waals surface area contributed by atoms with Gasteiger partial charge in [0.15, 0.2) is 0 Å². The number of nitrogens with zero attached hydrogens (tertiary/aromatic N) is 1. The summed E-state index contributed by atoms with van der Waals surface area (Å²) < 4.78 is 18.9. The van der Waals surface area contributed by atoms with E-state index in [0.717, 1.165) is 6.42 Å². The highest BCUT2D eigenvalue weighted by Crippen LogP contribution is 2.30. The minimum absolute atomic E-state index is 0.0217. The number of hydrogen-bond acceptors (Lipinski definition) is 4. The van der Waals surface area contributed by atoms with Crippen molar-refractivity contribution in [1.82, 2.24) is 0 Å². The van der Waals surface area contributed by atoms with Crippen LogP contribution in [0.25, 0.3) is 0 Å². The number of methoxy groups -OCH3 is 1. The van der Waals surface area contributed by atoms with Crippen LogP contribution in [0, 0.1) is 5.82 Å². The van der Waals surface area contributed by atoms with Gasteiger partial charge in [0.1, 0.15) is 11.6 Å². The van der Waals surface area contributed by atoms with Crippen molar-refractivity contribution in [2.75, 3.05) is 37.4 Å². The van der Waals surface area contributed by atoms with Crippen LogP contribution in [-0.4, -0.2) is 31.9 Å². The van der Waals surface area contributed by atoms with E-state index in [9.17, 15) is 4.39 Å². The molecule has 1 rings (SSSR count). The maximum Gasteiger partial charge on any atom is 0.148 e. The Hall–Kier alpha value is -1.49. The van der Waals surface area contributed by atoms with Crippen LogP contribution in [-0.2, 0) is 0 Å². The van der Waals surface area contributed by atoms with Crippen molar-refractivity contribution in [2.24, 2.45) is 0 Å². The molecule has 4 nitrogen and oxygen atoms in total. The summed E-state index contributed by atoms with van der Waals surface area (Å²) in [6.07, 6.45) is 0.867. The molecule has 0 aliphatic heterocycles. The Morgan fingerprint density at radius 3 is 2.65 bits per heavy atom. The quantitative estimate of drug-likeness (QED) is 0.744. The fraction of sp³-hybridized carbons (Fsp3) is 0.500. The Labute approximate surface area is 101 Å². The van der Waals surface area contributed by atoms with Gasteiger partial charge in [0.25, 0.3) is 0 Å². The second-order valence-electron chi connectivity index (χ2n) is 3.76. The van der Waals surface area contributed by atoms with Crippen LogP contribution in [0.4, 0.5) is 15.8 Å². The molecule has 1 aromatic carbocycles. The van der Waals surface area contributed by atoms with Crippen molar-refractivity contribution in [1.29, 1.82) is 0 Å². The molecule has 1 aromatic rings. The Morgan fingerprint density at radius 2 is 2.12 bits per heavy atom. The highest BCUT2D eigenvalue weighted by Gasteiger charge is 2.14. The van der Waals surface area contributed by atoms with E-state index < -0.39 is 5.82 Å². The summed E-state index contributed by atoms with van der Waals surface area (Å²) in [6, 6.07) is 2.81. The first-order chi connectivity index (χ1) is 8.13. The third kappa shape index (κ3) is 3.23. The molecule has 0 saturated carbocycles. The lowest BCUT2D eigenvalue weighted by Crippen LogP contribution is -2.28. The summed E-state index contributed by atoms with van der Waals surface area (Å²) in [4.78, 5) is 1.78. The van der Waals surface area contributed by atoms with Crippen molar-refractivity contribution in [3.8, 4) is 5.75 Å². The van der Waals surface area contributed by atoms with E-state index in [1.807, 2.05) is 6.92 Å². The average Bonchev–Trinajstić information content (AvgIpc) is 2.29. The molecule has 0 bridgehead atoms. The molecule has 0 radical (unpaired) electrons. The number of halogens is 1. The number of rotatable bonds is 6. The van der Waals surface area contributed by atoms with Gasteiger partial charge in [0, 0.05) is 25.2 Å². The number of hydrogen-bond donors (Lipinski definition) is 2. The monoisotopic (exact) mass is 242 g/mol. The van der Waals surface area contributed by atoms with Gasteiger partial charge < -0.3 is 20.5 Å². The highest BCUT2D eigenvalue weighted by molar-refractivity contribution is 5.63. The summed E-state index contributed by atoms with van der Waals surface area (Å²) in [5.74, 6) is 0.0469. The normalized spacial score (nSPS) is 10.4. The zero-order chi connectivity index (χ0) is 12.8. The fourth-order valence-corrected chi connectivity index (χ4v) is 1.72. The van der Waals surface area contributed by atoms with Crippen LogP contribution in [0.5, 0.6) is 5.75 Å². The highest BCUT2D eigenvalue weighted by atomic mass is 19.1. The maximum absolute atomic E-state index is 13.8. The zero-order valence-electron chi connectivity index (χ0n) is 10.2. The van der Waals surface area contributed by atoms with E-state index in [0.29, 0.717) is 24.5 Å². The predicted molar refractivity (Wildman–Crippen MR) is 67.0 cm³/mol. The molecule has 17 heavy (non-hydrogen) atoms. The molecule has 3 N–H and O–H groups in total. The van der Waals surface area contributed by atoms with Crippen LogP contribution in [0.15, 0.2) is 12.1 Å². The predicted octanol–water partition coefficient (Wildman–Crippen LogP) is 1.63. The first-order valence-corrected chi connectivity index (χ1v) is 5.62. The van der Waals surface area contributed by atoms with Crippen LogP contribution in [0.3, 0.4) is 0 Å². The van der Waals surface area contributed by atoms with Gasteiger partial charge in [-0.2, -0.15) is 0 Å². The van der Waals surface area contributed by atoms with Crippen molar-refractivity contribution in [3.63, 3.8) is 0 Å². The summed E-state index contributed by atoms with van der Waals surface area (Å²) >= 11 is 0. The summed E-state index contributed by atoms with van der Waals surface area (Å²) in [7, 11) is 1.49. The van der Waals surface area contributed by atoms with E-state index in [-0.39, 0.29) is 12.3 Å². The number of aliphatic hydroxyl groups is 1. The molecule has 0 spiro atoms. The van der Waals surface area contributed by atoms with Crippen molar-refractivity contribution < 1.29 is 14.2 Å². The third-order valence-corrected chi connectivity index (χ3v) is 2.50. The Bertz CT molecular complexity index is 366. The zero-order valence-corrected chi connectivity index (χ0v) is 10.2. The Kier molecular flexibility index (Phi) is 5.03. The number of anilines is 2. The van der Waals surface area contributed by atoms with Crippen LogP contribution in [0.2, 0.25) is 0 Å². The second kappa shape index (κ2) is 6.30. The fourth-order valence-electron chi connectivity index (χ4n) is 1.72. The van der Waals surface area contributed by atoms with Crippen LogP contribution >= 0.6 is 0 Å². The lowest BCUT2D eigenvalue weighted by atomic mass is 10.2. The molecule has 0 aliphatic rings. The van der Waals surface area contributed by atoms with Gasteiger partial charge >= 0.3 is 0 Å². The molecule has 0 aromatic heterocycles. The van der Waals surface area contributed by atoms with E-state index in [1.165, 1.54) is 13.2 Å². The molecule has 0 heterocycles. The summed E-state index contributed by atoms with van der Waals surface area (Å²) in [6.45, 7) is 3.03. The second-order valence-corrected chi connectivity index (χ2v) is 3.76. The smallest absolute Gasteiger partial charge is 0.148 e. The minimum Gasteiger partial charge on any atom is -0.495 e. The van der Waals surface area contributed by atoms with E-state index in [4.69, 9.17) is 15.6 Å². The number of nitrogen functional groups attached to an aromatic ring is 1. The maximum atomic E-state index is 13.8. The van der Waals surface area contributed by atoms with Gasteiger partial charge in [-0.15, -0.1) is 0 Å². The largest absolute Gasteiger partial charge is 0.495 e. The van der Waals surface area contributed by atoms with Gasteiger partial charge in [0.2, 0.25) is 0 Å². The van der Waals surface area contributed by atoms with Crippen molar-refractivity contribution in [2.45, 2.75) is 13.3 Å². The van der Waals surface area contributed by atoms with Gasteiger partial charge in [-0.1, -0.05) is 6.92 Å². The third-order valence-electron chi connectivity index (χ3n) is 2.50.